The van der Waals surface area contributed by atoms with Crippen molar-refractivity contribution in [3.05, 3.63) is 119 Å². The van der Waals surface area contributed by atoms with Crippen LogP contribution < -0.4 is 5.32 Å². The highest BCUT2D eigenvalue weighted by atomic mass is 15.0. The second kappa shape index (κ2) is 8.10. The van der Waals surface area contributed by atoms with E-state index in [2.05, 4.69) is 92.0 Å². The first kappa shape index (κ1) is 18.0. The SMILES string of the molecule is Cc1ccc(NC(c2ccccc2)c2cccc(-c3ccccc3)n2)c(C)c1. The molecule has 0 amide bonds. The molecule has 0 aliphatic carbocycles. The van der Waals surface area contributed by atoms with Crippen LogP contribution in [-0.4, -0.2) is 4.98 Å². The van der Waals surface area contributed by atoms with Crippen molar-refractivity contribution in [2.75, 3.05) is 5.32 Å². The van der Waals surface area contributed by atoms with Crippen molar-refractivity contribution in [1.29, 1.82) is 0 Å². The zero-order chi connectivity index (χ0) is 19.3. The number of nitrogens with zero attached hydrogens (tertiary/aromatic N) is 1. The van der Waals surface area contributed by atoms with Crippen molar-refractivity contribution in [3.8, 4) is 11.3 Å². The van der Waals surface area contributed by atoms with Crippen LogP contribution in [0.1, 0.15) is 28.4 Å². The minimum Gasteiger partial charge on any atom is -0.373 e. The molecule has 4 rings (SSSR count). The molecule has 0 spiro atoms. The molecule has 0 radical (unpaired) electrons. The molecular formula is C26H24N2. The van der Waals surface area contributed by atoms with Gasteiger partial charge in [-0.05, 0) is 43.2 Å². The Morgan fingerprint density at radius 3 is 2.14 bits per heavy atom. The van der Waals surface area contributed by atoms with Gasteiger partial charge < -0.3 is 5.32 Å². The van der Waals surface area contributed by atoms with E-state index in [1.807, 2.05) is 24.3 Å². The Bertz CT molecular complexity index is 1060. The summed E-state index contributed by atoms with van der Waals surface area (Å²) < 4.78 is 0. The number of rotatable bonds is 5. The highest BCUT2D eigenvalue weighted by molar-refractivity contribution is 5.60. The fourth-order valence-corrected chi connectivity index (χ4v) is 3.49. The Labute approximate surface area is 166 Å². The van der Waals surface area contributed by atoms with Gasteiger partial charge in [-0.1, -0.05) is 84.4 Å². The normalized spacial score (nSPS) is 11.8. The Morgan fingerprint density at radius 2 is 1.43 bits per heavy atom. The van der Waals surface area contributed by atoms with Crippen molar-refractivity contribution in [2.45, 2.75) is 19.9 Å². The first-order valence-electron chi connectivity index (χ1n) is 9.62. The van der Waals surface area contributed by atoms with Crippen molar-refractivity contribution >= 4 is 5.69 Å². The lowest BCUT2D eigenvalue weighted by Crippen LogP contribution is -2.15. The number of hydrogen-bond acceptors (Lipinski definition) is 2. The molecule has 28 heavy (non-hydrogen) atoms. The van der Waals surface area contributed by atoms with Crippen LogP contribution in [0.3, 0.4) is 0 Å². The van der Waals surface area contributed by atoms with E-state index < -0.39 is 0 Å². The lowest BCUT2D eigenvalue weighted by molar-refractivity contribution is 0.887. The second-order valence-corrected chi connectivity index (χ2v) is 7.12. The molecule has 0 bridgehead atoms. The van der Waals surface area contributed by atoms with E-state index in [4.69, 9.17) is 4.98 Å². The number of benzene rings is 3. The van der Waals surface area contributed by atoms with Gasteiger partial charge in [0.1, 0.15) is 0 Å². The molecule has 1 atom stereocenters. The maximum Gasteiger partial charge on any atom is 0.0940 e. The molecule has 1 N–H and O–H groups in total. The zero-order valence-electron chi connectivity index (χ0n) is 16.3. The summed E-state index contributed by atoms with van der Waals surface area (Å²) in [5.74, 6) is 0. The molecule has 138 valence electrons. The molecule has 0 aliphatic rings. The van der Waals surface area contributed by atoms with E-state index >= 15 is 0 Å². The number of aromatic nitrogens is 1. The van der Waals surface area contributed by atoms with E-state index in [1.54, 1.807) is 0 Å². The first-order valence-corrected chi connectivity index (χ1v) is 9.62. The van der Waals surface area contributed by atoms with Crippen LogP contribution in [0.5, 0.6) is 0 Å². The van der Waals surface area contributed by atoms with Crippen LogP contribution >= 0.6 is 0 Å². The van der Waals surface area contributed by atoms with Crippen molar-refractivity contribution < 1.29 is 0 Å². The van der Waals surface area contributed by atoms with Crippen LogP contribution in [0.2, 0.25) is 0 Å². The van der Waals surface area contributed by atoms with Gasteiger partial charge in [0.15, 0.2) is 0 Å². The maximum atomic E-state index is 5.00. The molecule has 1 heterocycles. The summed E-state index contributed by atoms with van der Waals surface area (Å²) in [6, 6.07) is 33.6. The smallest absolute Gasteiger partial charge is 0.0940 e. The molecular weight excluding hydrogens is 340 g/mol. The van der Waals surface area contributed by atoms with Crippen LogP contribution in [0.15, 0.2) is 97.1 Å². The summed E-state index contributed by atoms with van der Waals surface area (Å²) in [7, 11) is 0. The maximum absolute atomic E-state index is 5.00. The summed E-state index contributed by atoms with van der Waals surface area (Å²) in [4.78, 5) is 5.00. The van der Waals surface area contributed by atoms with Crippen molar-refractivity contribution in [1.82, 2.24) is 4.98 Å². The third-order valence-corrected chi connectivity index (χ3v) is 4.95. The standard InChI is InChI=1S/C26H24N2/c1-19-16-17-23(20(2)18-19)28-26(22-12-7-4-8-13-22)25-15-9-14-24(27-25)21-10-5-3-6-11-21/h3-18,26,28H,1-2H3. The van der Waals surface area contributed by atoms with Gasteiger partial charge in [0, 0.05) is 11.3 Å². The second-order valence-electron chi connectivity index (χ2n) is 7.12. The lowest BCUT2D eigenvalue weighted by atomic mass is 10.0. The average Bonchev–Trinajstić information content (AvgIpc) is 2.74. The third-order valence-electron chi connectivity index (χ3n) is 4.95. The Hall–Kier alpha value is -3.39. The third kappa shape index (κ3) is 3.96. The van der Waals surface area contributed by atoms with Crippen molar-refractivity contribution in [3.63, 3.8) is 0 Å². The topological polar surface area (TPSA) is 24.9 Å². The van der Waals surface area contributed by atoms with Gasteiger partial charge in [-0.25, -0.2) is 0 Å². The minimum atomic E-state index is -0.0220. The van der Waals surface area contributed by atoms with Gasteiger partial charge >= 0.3 is 0 Å². The molecule has 1 unspecified atom stereocenters. The Morgan fingerprint density at radius 1 is 0.714 bits per heavy atom. The molecule has 2 heteroatoms. The molecule has 0 fully saturated rings. The van der Waals surface area contributed by atoms with Crippen molar-refractivity contribution in [2.24, 2.45) is 0 Å². The van der Waals surface area contributed by atoms with Gasteiger partial charge in [0.05, 0.1) is 17.4 Å². The Kier molecular flexibility index (Phi) is 5.20. The lowest BCUT2D eigenvalue weighted by Gasteiger charge is -2.22. The summed E-state index contributed by atoms with van der Waals surface area (Å²) in [6.45, 7) is 4.27. The van der Waals surface area contributed by atoms with E-state index in [9.17, 15) is 0 Å². The number of nitrogens with one attached hydrogen (secondary N) is 1. The van der Waals surface area contributed by atoms with Crippen LogP contribution in [0.25, 0.3) is 11.3 Å². The summed E-state index contributed by atoms with van der Waals surface area (Å²) in [5, 5.41) is 3.72. The average molecular weight is 364 g/mol. The monoisotopic (exact) mass is 364 g/mol. The highest BCUT2D eigenvalue weighted by Gasteiger charge is 2.17. The summed E-state index contributed by atoms with van der Waals surface area (Å²) in [6.07, 6.45) is 0. The molecule has 4 aromatic rings. The number of hydrogen-bond donors (Lipinski definition) is 1. The number of aryl methyl sites for hydroxylation is 2. The predicted octanol–water partition coefficient (Wildman–Crippen LogP) is 6.57. The van der Waals surface area contributed by atoms with Gasteiger partial charge in [-0.15, -0.1) is 0 Å². The fourth-order valence-electron chi connectivity index (χ4n) is 3.49. The fraction of sp³-hybridized carbons (Fsp3) is 0.115. The van der Waals surface area contributed by atoms with E-state index in [1.165, 1.54) is 16.7 Å². The molecule has 2 nitrogen and oxygen atoms in total. The van der Waals surface area contributed by atoms with E-state index in [0.29, 0.717) is 0 Å². The van der Waals surface area contributed by atoms with E-state index in [0.717, 1.165) is 22.6 Å². The van der Waals surface area contributed by atoms with Crippen LogP contribution in [0, 0.1) is 13.8 Å². The number of pyridine rings is 1. The molecule has 0 aliphatic heterocycles. The van der Waals surface area contributed by atoms with Crippen LogP contribution in [0.4, 0.5) is 5.69 Å². The molecule has 0 saturated carbocycles. The summed E-state index contributed by atoms with van der Waals surface area (Å²) >= 11 is 0. The summed E-state index contributed by atoms with van der Waals surface area (Å²) in [5.41, 5.74) is 7.95. The van der Waals surface area contributed by atoms with Gasteiger partial charge in [0.2, 0.25) is 0 Å². The molecule has 1 aromatic heterocycles. The van der Waals surface area contributed by atoms with E-state index in [-0.39, 0.29) is 6.04 Å². The number of anilines is 1. The zero-order valence-corrected chi connectivity index (χ0v) is 16.3. The largest absolute Gasteiger partial charge is 0.373 e. The van der Waals surface area contributed by atoms with Gasteiger partial charge in [-0.3, -0.25) is 4.98 Å². The highest BCUT2D eigenvalue weighted by Crippen LogP contribution is 2.29. The van der Waals surface area contributed by atoms with Gasteiger partial charge in [0.25, 0.3) is 0 Å². The molecule has 3 aromatic carbocycles. The minimum absolute atomic E-state index is 0.0220. The first-order chi connectivity index (χ1) is 13.7. The van der Waals surface area contributed by atoms with Gasteiger partial charge in [-0.2, -0.15) is 0 Å². The molecule has 0 saturated heterocycles. The Balaban J connectivity index is 1.76. The predicted molar refractivity (Wildman–Crippen MR) is 117 cm³/mol. The quantitative estimate of drug-likeness (QED) is 0.433. The van der Waals surface area contributed by atoms with Crippen LogP contribution in [-0.2, 0) is 0 Å².